The molecular weight excluding hydrogens is 174 g/mol. The van der Waals surface area contributed by atoms with Crippen molar-refractivity contribution in [1.82, 2.24) is 5.32 Å². The number of hydrogen-bond donors (Lipinski definition) is 1. The van der Waals surface area contributed by atoms with Crippen molar-refractivity contribution < 1.29 is 4.74 Å². The van der Waals surface area contributed by atoms with Crippen LogP contribution in [0.1, 0.15) is 51.9 Å². The predicted molar refractivity (Wildman–Crippen MR) is 58.4 cm³/mol. The van der Waals surface area contributed by atoms with Crippen LogP contribution in [0.15, 0.2) is 0 Å². The monoisotopic (exact) mass is 197 g/mol. The van der Waals surface area contributed by atoms with Gasteiger partial charge in [-0.05, 0) is 58.4 Å². The fourth-order valence-corrected chi connectivity index (χ4v) is 1.89. The first kappa shape index (κ1) is 10.4. The summed E-state index contributed by atoms with van der Waals surface area (Å²) in [4.78, 5) is 0. The minimum Gasteiger partial charge on any atom is -0.375 e. The average molecular weight is 197 g/mol. The van der Waals surface area contributed by atoms with Crippen LogP contribution in [-0.4, -0.2) is 24.8 Å². The standard InChI is InChI=1S/C12H23NO/c1-10(14-12-5-2-6-12)4-3-9-13-11-7-8-11/h10-13H,2-9H2,1H3. The summed E-state index contributed by atoms with van der Waals surface area (Å²) < 4.78 is 5.88. The maximum absolute atomic E-state index is 5.88. The summed E-state index contributed by atoms with van der Waals surface area (Å²) in [6, 6.07) is 0.859. The van der Waals surface area contributed by atoms with Crippen molar-refractivity contribution in [2.75, 3.05) is 6.54 Å². The largest absolute Gasteiger partial charge is 0.375 e. The smallest absolute Gasteiger partial charge is 0.0578 e. The fourth-order valence-electron chi connectivity index (χ4n) is 1.89. The second kappa shape index (κ2) is 5.13. The number of hydrogen-bond acceptors (Lipinski definition) is 2. The molecule has 82 valence electrons. The van der Waals surface area contributed by atoms with Gasteiger partial charge in [0.05, 0.1) is 12.2 Å². The Morgan fingerprint density at radius 2 is 2.07 bits per heavy atom. The van der Waals surface area contributed by atoms with Crippen LogP contribution in [0.3, 0.4) is 0 Å². The Kier molecular flexibility index (Phi) is 3.82. The lowest BCUT2D eigenvalue weighted by Gasteiger charge is -2.29. The Hall–Kier alpha value is -0.0800. The molecule has 0 aromatic heterocycles. The van der Waals surface area contributed by atoms with Crippen molar-refractivity contribution in [3.63, 3.8) is 0 Å². The molecule has 0 aromatic rings. The Morgan fingerprint density at radius 3 is 2.64 bits per heavy atom. The SMILES string of the molecule is CC(CCCNC1CC1)OC1CCC1. The lowest BCUT2D eigenvalue weighted by atomic mass is 9.96. The van der Waals surface area contributed by atoms with Gasteiger partial charge in [-0.25, -0.2) is 0 Å². The zero-order valence-corrected chi connectivity index (χ0v) is 9.30. The lowest BCUT2D eigenvalue weighted by molar-refractivity contribution is -0.0464. The van der Waals surface area contributed by atoms with Gasteiger partial charge in [-0.3, -0.25) is 0 Å². The molecule has 1 unspecified atom stereocenters. The summed E-state index contributed by atoms with van der Waals surface area (Å²) in [5.41, 5.74) is 0. The van der Waals surface area contributed by atoms with Crippen LogP contribution < -0.4 is 5.32 Å². The van der Waals surface area contributed by atoms with Crippen molar-refractivity contribution in [2.24, 2.45) is 0 Å². The second-order valence-corrected chi connectivity index (χ2v) is 4.87. The number of ether oxygens (including phenoxy) is 1. The molecule has 0 saturated heterocycles. The van der Waals surface area contributed by atoms with E-state index < -0.39 is 0 Å². The van der Waals surface area contributed by atoms with Gasteiger partial charge in [0.1, 0.15) is 0 Å². The molecule has 1 atom stereocenters. The third-order valence-electron chi connectivity index (χ3n) is 3.27. The van der Waals surface area contributed by atoms with Gasteiger partial charge in [0, 0.05) is 6.04 Å². The number of rotatable bonds is 7. The van der Waals surface area contributed by atoms with Gasteiger partial charge in [-0.1, -0.05) is 0 Å². The van der Waals surface area contributed by atoms with Crippen molar-refractivity contribution >= 4 is 0 Å². The molecule has 14 heavy (non-hydrogen) atoms. The van der Waals surface area contributed by atoms with Gasteiger partial charge >= 0.3 is 0 Å². The summed E-state index contributed by atoms with van der Waals surface area (Å²) in [5, 5.41) is 3.54. The molecule has 2 rings (SSSR count). The van der Waals surface area contributed by atoms with Crippen LogP contribution in [0.25, 0.3) is 0 Å². The van der Waals surface area contributed by atoms with Gasteiger partial charge in [0.15, 0.2) is 0 Å². The van der Waals surface area contributed by atoms with Crippen LogP contribution in [0.2, 0.25) is 0 Å². The Balaban J connectivity index is 1.42. The van der Waals surface area contributed by atoms with Crippen molar-refractivity contribution in [3.05, 3.63) is 0 Å². The van der Waals surface area contributed by atoms with Crippen LogP contribution >= 0.6 is 0 Å². The highest BCUT2D eigenvalue weighted by Crippen LogP contribution is 2.24. The van der Waals surface area contributed by atoms with E-state index in [-0.39, 0.29) is 0 Å². The first-order valence-corrected chi connectivity index (χ1v) is 6.23. The minimum absolute atomic E-state index is 0.473. The van der Waals surface area contributed by atoms with Gasteiger partial charge in [-0.15, -0.1) is 0 Å². The van der Waals surface area contributed by atoms with E-state index in [1.54, 1.807) is 0 Å². The van der Waals surface area contributed by atoms with E-state index in [2.05, 4.69) is 12.2 Å². The first-order valence-electron chi connectivity index (χ1n) is 6.23. The number of nitrogens with one attached hydrogen (secondary N) is 1. The fraction of sp³-hybridized carbons (Fsp3) is 1.00. The van der Waals surface area contributed by atoms with Crippen LogP contribution in [0.4, 0.5) is 0 Å². The Bertz CT molecular complexity index is 164. The summed E-state index contributed by atoms with van der Waals surface area (Å²) >= 11 is 0. The van der Waals surface area contributed by atoms with Crippen molar-refractivity contribution in [1.29, 1.82) is 0 Å². The third-order valence-corrected chi connectivity index (χ3v) is 3.27. The van der Waals surface area contributed by atoms with E-state index in [1.807, 2.05) is 0 Å². The molecule has 0 spiro atoms. The molecule has 2 nitrogen and oxygen atoms in total. The molecule has 2 fully saturated rings. The molecule has 2 heteroatoms. The topological polar surface area (TPSA) is 21.3 Å². The average Bonchev–Trinajstić information content (AvgIpc) is 2.89. The molecule has 1 N–H and O–H groups in total. The minimum atomic E-state index is 0.473. The summed E-state index contributed by atoms with van der Waals surface area (Å²) in [7, 11) is 0. The quantitative estimate of drug-likeness (QED) is 0.633. The van der Waals surface area contributed by atoms with Crippen molar-refractivity contribution in [2.45, 2.75) is 70.1 Å². The molecule has 0 aliphatic heterocycles. The van der Waals surface area contributed by atoms with Crippen LogP contribution in [0.5, 0.6) is 0 Å². The molecule has 0 heterocycles. The van der Waals surface area contributed by atoms with Crippen LogP contribution in [-0.2, 0) is 4.74 Å². The molecule has 0 radical (unpaired) electrons. The highest BCUT2D eigenvalue weighted by atomic mass is 16.5. The van der Waals surface area contributed by atoms with Crippen LogP contribution in [0, 0.1) is 0 Å². The van der Waals surface area contributed by atoms with Gasteiger partial charge in [0.25, 0.3) is 0 Å². The van der Waals surface area contributed by atoms with E-state index in [1.165, 1.54) is 51.5 Å². The lowest BCUT2D eigenvalue weighted by Crippen LogP contribution is -2.27. The maximum Gasteiger partial charge on any atom is 0.0578 e. The molecular formula is C12H23NO. The molecule has 0 bridgehead atoms. The Morgan fingerprint density at radius 1 is 1.29 bits per heavy atom. The third kappa shape index (κ3) is 3.58. The normalized spacial score (nSPS) is 24.6. The van der Waals surface area contributed by atoms with E-state index >= 15 is 0 Å². The van der Waals surface area contributed by atoms with Gasteiger partial charge in [-0.2, -0.15) is 0 Å². The van der Waals surface area contributed by atoms with E-state index in [9.17, 15) is 0 Å². The zero-order chi connectivity index (χ0) is 9.80. The van der Waals surface area contributed by atoms with Gasteiger partial charge in [0.2, 0.25) is 0 Å². The molecule has 0 amide bonds. The summed E-state index contributed by atoms with van der Waals surface area (Å²) in [5.74, 6) is 0. The highest BCUT2D eigenvalue weighted by Gasteiger charge is 2.21. The first-order chi connectivity index (χ1) is 6.84. The Labute approximate surface area is 87.4 Å². The molecule has 0 aromatic carbocycles. The van der Waals surface area contributed by atoms with E-state index in [4.69, 9.17) is 4.74 Å². The van der Waals surface area contributed by atoms with E-state index in [0.29, 0.717) is 12.2 Å². The molecule has 2 aliphatic rings. The predicted octanol–water partition coefficient (Wildman–Crippen LogP) is 2.48. The van der Waals surface area contributed by atoms with E-state index in [0.717, 1.165) is 6.04 Å². The zero-order valence-electron chi connectivity index (χ0n) is 9.30. The van der Waals surface area contributed by atoms with Crippen molar-refractivity contribution in [3.8, 4) is 0 Å². The summed E-state index contributed by atoms with van der Waals surface area (Å²) in [6.07, 6.45) is 10.3. The maximum atomic E-state index is 5.88. The molecule has 2 aliphatic carbocycles. The second-order valence-electron chi connectivity index (χ2n) is 4.87. The highest BCUT2D eigenvalue weighted by molar-refractivity contribution is 4.80. The molecule has 2 saturated carbocycles. The van der Waals surface area contributed by atoms with Gasteiger partial charge < -0.3 is 10.1 Å². The summed E-state index contributed by atoms with van der Waals surface area (Å²) in [6.45, 7) is 3.40.